The lowest BCUT2D eigenvalue weighted by molar-refractivity contribution is 0.596. The van der Waals surface area contributed by atoms with Gasteiger partial charge in [0.2, 0.25) is 0 Å². The van der Waals surface area contributed by atoms with Gasteiger partial charge in [-0.1, -0.05) is 37.3 Å². The summed E-state index contributed by atoms with van der Waals surface area (Å²) in [6, 6.07) is 10.2. The van der Waals surface area contributed by atoms with E-state index in [9.17, 15) is 4.57 Å². The Bertz CT molecular complexity index is 220. The molecule has 0 radical (unpaired) electrons. The molecular formula is C9H13OP. The van der Waals surface area contributed by atoms with Crippen molar-refractivity contribution in [3.05, 3.63) is 35.9 Å². The maximum atomic E-state index is 10.4. The van der Waals surface area contributed by atoms with Crippen molar-refractivity contribution in [2.75, 3.05) is 6.16 Å². The first-order valence-electron chi connectivity index (χ1n) is 3.83. The molecule has 2 atom stereocenters. The van der Waals surface area contributed by atoms with Gasteiger partial charge in [-0.2, -0.15) is 0 Å². The average Bonchev–Trinajstić information content (AvgIpc) is 2.07. The maximum Gasteiger partial charge on any atom is 0.0651 e. The quantitative estimate of drug-likeness (QED) is 0.634. The van der Waals surface area contributed by atoms with Crippen molar-refractivity contribution in [3.8, 4) is 0 Å². The number of hydrogen-bond acceptors (Lipinski definition) is 1. The van der Waals surface area contributed by atoms with Gasteiger partial charge in [-0.05, 0) is 11.5 Å². The number of benzene rings is 1. The molecule has 1 aromatic rings. The Morgan fingerprint density at radius 1 is 1.36 bits per heavy atom. The van der Waals surface area contributed by atoms with Crippen LogP contribution in [0.15, 0.2) is 30.3 Å². The van der Waals surface area contributed by atoms with E-state index < -0.39 is 8.46 Å². The van der Waals surface area contributed by atoms with Crippen LogP contribution in [0.1, 0.15) is 18.4 Å². The van der Waals surface area contributed by atoms with Gasteiger partial charge in [-0.3, -0.25) is 0 Å². The van der Waals surface area contributed by atoms with Crippen molar-refractivity contribution >= 4 is 8.46 Å². The minimum absolute atomic E-state index is 0.448. The molecule has 0 bridgehead atoms. The van der Waals surface area contributed by atoms with Crippen LogP contribution >= 0.6 is 8.46 Å². The first-order chi connectivity index (χ1) is 5.34. The fraction of sp³-hybridized carbons (Fsp3) is 0.333. The highest BCUT2D eigenvalue weighted by atomic mass is 31.1. The molecule has 2 unspecified atom stereocenters. The highest BCUT2D eigenvalue weighted by Crippen LogP contribution is 2.17. The van der Waals surface area contributed by atoms with Crippen LogP contribution in [0, 0.1) is 0 Å². The predicted molar refractivity (Wildman–Crippen MR) is 50.1 cm³/mol. The van der Waals surface area contributed by atoms with E-state index >= 15 is 0 Å². The van der Waals surface area contributed by atoms with E-state index in [0.717, 1.165) is 6.16 Å². The van der Waals surface area contributed by atoms with E-state index in [-0.39, 0.29) is 0 Å². The molecule has 60 valence electrons. The van der Waals surface area contributed by atoms with Gasteiger partial charge in [0.15, 0.2) is 0 Å². The average molecular weight is 168 g/mol. The molecule has 0 spiro atoms. The van der Waals surface area contributed by atoms with Crippen LogP contribution in [0.2, 0.25) is 0 Å². The van der Waals surface area contributed by atoms with Gasteiger partial charge in [0.25, 0.3) is 0 Å². The Morgan fingerprint density at radius 2 is 2.00 bits per heavy atom. The van der Waals surface area contributed by atoms with Crippen LogP contribution in [0.4, 0.5) is 0 Å². The molecule has 0 heterocycles. The third-order valence-electron chi connectivity index (χ3n) is 1.82. The van der Waals surface area contributed by atoms with Gasteiger partial charge in [0.1, 0.15) is 0 Å². The largest absolute Gasteiger partial charge is 0.330 e. The Morgan fingerprint density at radius 3 is 2.55 bits per heavy atom. The summed E-state index contributed by atoms with van der Waals surface area (Å²) in [6.45, 7) is 2.11. The van der Waals surface area contributed by atoms with Crippen molar-refractivity contribution in [1.29, 1.82) is 0 Å². The topological polar surface area (TPSA) is 17.1 Å². The highest BCUT2D eigenvalue weighted by molar-refractivity contribution is 7.23. The lowest BCUT2D eigenvalue weighted by atomic mass is 10.0. The zero-order valence-corrected chi connectivity index (χ0v) is 7.81. The van der Waals surface area contributed by atoms with E-state index in [2.05, 4.69) is 19.1 Å². The minimum atomic E-state index is -0.607. The first-order valence-corrected chi connectivity index (χ1v) is 5.12. The summed E-state index contributed by atoms with van der Waals surface area (Å²) >= 11 is 0. The van der Waals surface area contributed by atoms with Crippen LogP contribution in [-0.4, -0.2) is 6.16 Å². The summed E-state index contributed by atoms with van der Waals surface area (Å²) in [5.41, 5.74) is 1.29. The summed E-state index contributed by atoms with van der Waals surface area (Å²) < 4.78 is 10.4. The second-order valence-corrected chi connectivity index (χ2v) is 3.52. The number of hydrogen-bond donors (Lipinski definition) is 0. The number of rotatable bonds is 3. The highest BCUT2D eigenvalue weighted by Gasteiger charge is 2.01. The molecule has 0 aliphatic heterocycles. The normalized spacial score (nSPS) is 13.9. The molecule has 0 saturated carbocycles. The third-order valence-corrected chi connectivity index (χ3v) is 2.72. The summed E-state index contributed by atoms with van der Waals surface area (Å²) in [5.74, 6) is 0.448. The third kappa shape index (κ3) is 2.51. The molecular weight excluding hydrogens is 155 g/mol. The van der Waals surface area contributed by atoms with E-state index in [1.807, 2.05) is 18.2 Å². The Balaban J connectivity index is 2.68. The zero-order chi connectivity index (χ0) is 8.10. The lowest BCUT2D eigenvalue weighted by Crippen LogP contribution is -1.92. The SMILES string of the molecule is CC(C[PH2]=O)c1ccccc1. The molecule has 0 fully saturated rings. The van der Waals surface area contributed by atoms with Gasteiger partial charge < -0.3 is 4.57 Å². The van der Waals surface area contributed by atoms with Crippen molar-refractivity contribution in [3.63, 3.8) is 0 Å². The second kappa shape index (κ2) is 4.35. The lowest BCUT2D eigenvalue weighted by Gasteiger charge is -2.06. The van der Waals surface area contributed by atoms with Gasteiger partial charge in [-0.15, -0.1) is 0 Å². The molecule has 0 aromatic heterocycles. The standard InChI is InChI=1S/C9H13OP/c1-8(7-11-10)9-5-3-2-4-6-9/h2-6,8H,7,11H2,1H3. The van der Waals surface area contributed by atoms with Crippen LogP contribution in [0.3, 0.4) is 0 Å². The fourth-order valence-electron chi connectivity index (χ4n) is 1.06. The molecule has 2 heteroatoms. The van der Waals surface area contributed by atoms with E-state index in [1.54, 1.807) is 0 Å². The molecule has 11 heavy (non-hydrogen) atoms. The summed E-state index contributed by atoms with van der Waals surface area (Å²) in [6.07, 6.45) is 0.823. The molecule has 1 nitrogen and oxygen atoms in total. The van der Waals surface area contributed by atoms with Crippen LogP contribution in [-0.2, 0) is 4.57 Å². The Labute approximate surface area is 68.6 Å². The van der Waals surface area contributed by atoms with E-state index in [1.165, 1.54) is 5.56 Å². The van der Waals surface area contributed by atoms with Crippen molar-refractivity contribution < 1.29 is 4.57 Å². The smallest absolute Gasteiger partial charge is 0.0651 e. The molecule has 1 aromatic carbocycles. The van der Waals surface area contributed by atoms with Crippen LogP contribution < -0.4 is 0 Å². The maximum absolute atomic E-state index is 10.4. The van der Waals surface area contributed by atoms with Gasteiger partial charge in [0.05, 0.1) is 8.46 Å². The molecule has 0 aliphatic rings. The van der Waals surface area contributed by atoms with Gasteiger partial charge in [0, 0.05) is 6.16 Å². The monoisotopic (exact) mass is 168 g/mol. The molecule has 0 saturated heterocycles. The summed E-state index contributed by atoms with van der Waals surface area (Å²) in [4.78, 5) is 0. The second-order valence-electron chi connectivity index (χ2n) is 2.71. The molecule has 1 rings (SSSR count). The first kappa shape index (κ1) is 8.55. The van der Waals surface area contributed by atoms with Gasteiger partial charge in [-0.25, -0.2) is 0 Å². The van der Waals surface area contributed by atoms with E-state index in [0.29, 0.717) is 5.92 Å². The van der Waals surface area contributed by atoms with Crippen molar-refractivity contribution in [2.45, 2.75) is 12.8 Å². The molecule has 0 N–H and O–H groups in total. The molecule has 0 aliphatic carbocycles. The Kier molecular flexibility index (Phi) is 3.38. The van der Waals surface area contributed by atoms with Crippen molar-refractivity contribution in [2.24, 2.45) is 0 Å². The summed E-state index contributed by atoms with van der Waals surface area (Å²) in [7, 11) is -0.607. The van der Waals surface area contributed by atoms with Crippen LogP contribution in [0.5, 0.6) is 0 Å². The van der Waals surface area contributed by atoms with Crippen molar-refractivity contribution in [1.82, 2.24) is 0 Å². The zero-order valence-electron chi connectivity index (χ0n) is 6.66. The predicted octanol–water partition coefficient (Wildman–Crippen LogP) is 2.55. The summed E-state index contributed by atoms with van der Waals surface area (Å²) in [5, 5.41) is 0. The van der Waals surface area contributed by atoms with Gasteiger partial charge >= 0.3 is 0 Å². The van der Waals surface area contributed by atoms with Crippen LogP contribution in [0.25, 0.3) is 0 Å². The Hall–Kier alpha value is -0.550. The fourth-order valence-corrected chi connectivity index (χ4v) is 1.62. The molecule has 0 amide bonds. The minimum Gasteiger partial charge on any atom is -0.330 e. The van der Waals surface area contributed by atoms with E-state index in [4.69, 9.17) is 0 Å².